The average molecular weight is 1740 g/mol. The van der Waals surface area contributed by atoms with Crippen molar-refractivity contribution in [3.05, 3.63) is 93.0 Å². The van der Waals surface area contributed by atoms with Gasteiger partial charge in [-0.15, -0.1) is 0 Å². The first-order chi connectivity index (χ1) is 82.4. The van der Waals surface area contributed by atoms with Gasteiger partial charge in [-0.1, -0.05) is 110 Å². The van der Waals surface area contributed by atoms with Crippen molar-refractivity contribution in [1.82, 2.24) is 19.6 Å². The Bertz CT molecular complexity index is 6900. The number of carbonyl (C=O) groups excluding carboxylic acids is 4. The molecule has 0 bridgehead atoms. The normalized spacial score (nSPS) is 44.9. The number of hydrogen-bond acceptors (Lipinski definition) is 24. The van der Waals surface area contributed by atoms with Gasteiger partial charge >= 0.3 is 23.9 Å². The van der Waals surface area contributed by atoms with Crippen molar-refractivity contribution < 1.29 is 166 Å². The molecule has 24 heteroatoms. The Labute approximate surface area is 811 Å². The lowest BCUT2D eigenvalue weighted by Crippen LogP contribution is -2.51. The lowest BCUT2D eigenvalue weighted by Gasteiger charge is -2.47. The third-order valence-corrected chi connectivity index (χ3v) is 19.1. The van der Waals surface area contributed by atoms with Crippen molar-refractivity contribution >= 4 is 23.9 Å². The van der Waals surface area contributed by atoms with Crippen molar-refractivity contribution in [1.29, 1.82) is 0 Å². The van der Waals surface area contributed by atoms with Gasteiger partial charge in [0.25, 0.3) is 0 Å². The van der Waals surface area contributed by atoms with Gasteiger partial charge in [0.15, 0.2) is 46.0 Å². The molecule has 8 N–H and O–H groups in total. The molecule has 12 rings (SSSR count). The van der Waals surface area contributed by atoms with E-state index in [0.29, 0.717) is 9.80 Å². The monoisotopic (exact) mass is 1740 g/mol. The Morgan fingerprint density at radius 1 is 0.383 bits per heavy atom. The van der Waals surface area contributed by atoms with Crippen LogP contribution in [0.5, 0.6) is 46.0 Å². The molecule has 0 amide bonds. The van der Waals surface area contributed by atoms with Crippen LogP contribution in [0.2, 0.25) is 0 Å². The molecule has 12 unspecified atom stereocenters. The summed E-state index contributed by atoms with van der Waals surface area (Å²) in [4.78, 5) is 57.8. The second-order valence-electron chi connectivity index (χ2n) is 29.6. The highest BCUT2D eigenvalue weighted by Crippen LogP contribution is 2.50. The molecule has 24 nitrogen and oxygen atoms in total. The van der Waals surface area contributed by atoms with Crippen molar-refractivity contribution in [2.24, 2.45) is 93.8 Å². The van der Waals surface area contributed by atoms with Gasteiger partial charge in [-0.2, -0.15) is 0 Å². The number of nitrogens with two attached hydrogens (primary N) is 4. The zero-order chi connectivity index (χ0) is 146. The van der Waals surface area contributed by atoms with E-state index in [1.54, 1.807) is 13.8 Å². The van der Waals surface area contributed by atoms with Crippen molar-refractivity contribution in [2.45, 2.75) is 260 Å². The van der Waals surface area contributed by atoms with Crippen LogP contribution in [-0.2, 0) is 63.8 Å². The van der Waals surface area contributed by atoms with Gasteiger partial charge < -0.3 is 79.8 Å². The molecule has 4 aromatic rings. The molecule has 4 aromatic carbocycles. The van der Waals surface area contributed by atoms with Crippen molar-refractivity contribution in [3.63, 3.8) is 0 Å². The molecule has 0 aliphatic carbocycles. The van der Waals surface area contributed by atoms with E-state index in [9.17, 15) is 43.9 Å². The third-order valence-electron chi connectivity index (χ3n) is 19.1. The molecule has 8 aliphatic heterocycles. The summed E-state index contributed by atoms with van der Waals surface area (Å²) < 4.78 is 618. The number of piperidine rings is 4. The fourth-order valence-corrected chi connectivity index (χ4v) is 13.4. The maximum Gasteiger partial charge on any atom is 0.323 e. The number of carbonyl (C=O) groups is 4. The Morgan fingerprint density at radius 3 is 0.983 bits per heavy atom. The van der Waals surface area contributed by atoms with E-state index in [1.165, 1.54) is 82.1 Å². The van der Waals surface area contributed by atoms with E-state index in [-0.39, 0.29) is 124 Å². The molecule has 0 radical (unpaired) electrons. The van der Waals surface area contributed by atoms with Crippen LogP contribution in [0.15, 0.2) is 48.5 Å². The van der Waals surface area contributed by atoms with Gasteiger partial charge in [-0.05, 0) is 192 Å². The molecular formula is C96H152N8O16. The standard InChI is InChI=1S/4C24H38N2O4/c4*1-14(2)9-17-13-26-8-7-16-10-21(28-5)22(29-6)11-18(16)19(26)12-20(17)30-24(27)23(25)15(3)4/h4*10-11,14-15,17,19-20,23H,7-9,12-13,25H2,1-6H3/t4*17?,19?,20?,23-/m0000/s1/i2*3D3,4D3,5D3,12D2,13D2,15D,17D,19D,20D,23D;3D3,4D3,12D2,13D2,15D,17D,19D,20D,23D;3D3,4D3,10D,11D,12D2,13D2,15D,17D,23D. The largest absolute Gasteiger partial charge is 0.493 e. The van der Waals surface area contributed by atoms with Crippen LogP contribution in [0.1, 0.15) is 320 Å². The summed E-state index contributed by atoms with van der Waals surface area (Å²) in [5, 5.41) is 0. The predicted molar refractivity (Wildman–Crippen MR) is 471 cm³/mol. The Kier molecular flexibility index (Phi) is 14.8. The molecule has 120 heavy (non-hydrogen) atoms. The van der Waals surface area contributed by atoms with Crippen LogP contribution in [0.25, 0.3) is 0 Å². The highest BCUT2D eigenvalue weighted by atomic mass is 16.6. The van der Waals surface area contributed by atoms with E-state index in [0.717, 1.165) is 48.3 Å². The average Bonchev–Trinajstić information content (AvgIpc) is 0.656. The minimum absolute atomic E-state index is 0.0139. The Morgan fingerprint density at radius 2 is 0.667 bits per heavy atom. The summed E-state index contributed by atoms with van der Waals surface area (Å²) in [6, 6.07) is -20.9. The SMILES string of the molecule is [2H]C([2H])([2H])C([2H])(C([2H])([2H])[2H])[C@]([2H])(N)C(=O)OC1([2H])C([2H])([2H])C2([2H])c3cc(OC)c(OC)cc3CCN2C([2H])([2H])C1([2H])CC(C)C.[2H]C([2H])([2H])Oc1cc2c(cc1OC)C1([2H])N(CC2)C([2H])([2H])C([2H])(CC(C)C)C([2H])(OC(=O)[C@@]([2H])(N)C([2H])(C([2H])([2H])[2H])C([2H])([2H])[2H])C1([2H])[2H].[2H]C([2H])([2H])Oc1cc2c(cc1OC)C1([2H])N(CC2)C([2H])([2H])C([2H])(CC(C)C)C([2H])(OC(=O)[C@@]([2H])(N)C([2H])(C([2H])([2H])[2H])C([2H])([2H])[2H])C1([2H])[2H].[2H]c1c2c(c([2H])c(OC)c1OC)C1N(CC2)C([2H])([2H])C([2H])(CC(C)C)C(OC(=O)[C@@]([2H])(N)C([2H])(C([2H])([2H])[2H])C([2H])([2H])[2H])C1([2H])[2H]. The molecule has 0 spiro atoms. The summed E-state index contributed by atoms with van der Waals surface area (Å²) in [6.45, 7) is -33.3. The molecule has 8 heterocycles. The lowest BCUT2D eigenvalue weighted by molar-refractivity contribution is -0.161. The highest BCUT2D eigenvalue weighted by Gasteiger charge is 2.47. The maximum atomic E-state index is 13.7. The summed E-state index contributed by atoms with van der Waals surface area (Å²) in [5.41, 5.74) is 22.0. The zero-order valence-corrected chi connectivity index (χ0v) is 69.0. The minimum Gasteiger partial charge on any atom is -0.493 e. The molecule has 4 saturated heterocycles. The highest BCUT2D eigenvalue weighted by molar-refractivity contribution is 5.77. The summed E-state index contributed by atoms with van der Waals surface area (Å²) in [7, 11) is 1.32. The number of rotatable bonds is 28. The van der Waals surface area contributed by atoms with Crippen LogP contribution in [0.4, 0.5) is 0 Å². The number of fused-ring (bicyclic) bond motifs is 12. The summed E-state index contributed by atoms with van der Waals surface area (Å²) in [6.07, 6.45) is -31.0. The van der Waals surface area contributed by atoms with E-state index in [4.69, 9.17) is 146 Å². The number of benzene rings is 4. The number of nitrogens with zero attached hydrogens (tertiary/aromatic N) is 4. The van der Waals surface area contributed by atoms with E-state index in [1.807, 2.05) is 0 Å². The second-order valence-corrected chi connectivity index (χ2v) is 29.6. The molecular weight excluding hydrogens is 1520 g/mol. The van der Waals surface area contributed by atoms with Crippen LogP contribution >= 0.6 is 0 Å². The van der Waals surface area contributed by atoms with Gasteiger partial charge in [0.2, 0.25) is 0 Å². The fourth-order valence-electron chi connectivity index (χ4n) is 13.4. The number of ether oxygens (including phenoxy) is 12. The first kappa shape index (κ1) is 40.4. The van der Waals surface area contributed by atoms with Crippen LogP contribution in [-0.4, -0.2) is 201 Å². The van der Waals surface area contributed by atoms with Gasteiger partial charge in [0.1, 0.15) is 48.4 Å². The maximum absolute atomic E-state index is 13.7. The van der Waals surface area contributed by atoms with Crippen molar-refractivity contribution in [2.75, 3.05) is 109 Å². The minimum atomic E-state index is -4.14. The third kappa shape index (κ3) is 23.8. The predicted octanol–water partition coefficient (Wildman–Crippen LogP) is 14.3. The van der Waals surface area contributed by atoms with Crippen LogP contribution in [0, 0.1) is 70.8 Å². The topological polar surface area (TPSA) is 296 Å². The van der Waals surface area contributed by atoms with E-state index in [2.05, 4.69) is 0 Å². The lowest BCUT2D eigenvalue weighted by atomic mass is 9.79. The first-order valence-electron chi connectivity index (χ1n) is 70.9. The Balaban J connectivity index is 0.000000270. The van der Waals surface area contributed by atoms with Crippen LogP contribution < -0.4 is 60.8 Å². The number of esters is 4. The molecule has 0 saturated carbocycles. The van der Waals surface area contributed by atoms with Gasteiger partial charge in [-0.3, -0.25) is 38.8 Å². The first-order valence-corrected chi connectivity index (χ1v) is 37.9. The number of methoxy groups -OCH3 is 8. The molecule has 16 atom stereocenters. The summed E-state index contributed by atoms with van der Waals surface area (Å²) in [5.74, 6) is -42.1. The van der Waals surface area contributed by atoms with Gasteiger partial charge in [-0.25, -0.2) is 0 Å². The molecule has 672 valence electrons. The van der Waals surface area contributed by atoms with Gasteiger partial charge in [0.05, 0.1) is 81.4 Å². The van der Waals surface area contributed by atoms with Crippen LogP contribution in [0.3, 0.4) is 0 Å². The fraction of sp³-hybridized carbons (Fsp3) is 0.708. The Hall–Kier alpha value is -7.16. The summed E-state index contributed by atoms with van der Waals surface area (Å²) >= 11 is 0. The molecule has 0 aromatic heterocycles. The second kappa shape index (κ2) is 43.9. The quantitative estimate of drug-likeness (QED) is 0.0303. The number of hydrogen-bond donors (Lipinski definition) is 4. The van der Waals surface area contributed by atoms with Gasteiger partial charge in [0, 0.05) is 191 Å². The van der Waals surface area contributed by atoms with E-state index >= 15 is 0 Å². The smallest absolute Gasteiger partial charge is 0.323 e. The zero-order valence-electron chi connectivity index (χ0n) is 135. The van der Waals surface area contributed by atoms with E-state index < -0.39 is 344 Å². The molecule has 8 aliphatic rings. The molecule has 4 fully saturated rings. The van der Waals surface area contributed by atoms with Crippen molar-refractivity contribution in [3.8, 4) is 46.0 Å².